The van der Waals surface area contributed by atoms with Crippen LogP contribution in [0.25, 0.3) is 0 Å². The first-order chi connectivity index (χ1) is 8.88. The molecule has 1 aromatic rings. The molecule has 2 N–H and O–H groups in total. The van der Waals surface area contributed by atoms with Gasteiger partial charge in [-0.25, -0.2) is 8.78 Å². The number of benzene rings is 1. The quantitative estimate of drug-likeness (QED) is 0.924. The Morgan fingerprint density at radius 2 is 2.10 bits per heavy atom. The van der Waals surface area contributed by atoms with Gasteiger partial charge in [0.05, 0.1) is 0 Å². The van der Waals surface area contributed by atoms with Crippen LogP contribution in [-0.4, -0.2) is 24.0 Å². The Balaban J connectivity index is 0.00000200. The van der Waals surface area contributed by atoms with Crippen molar-refractivity contribution in [3.05, 3.63) is 35.4 Å². The zero-order valence-electron chi connectivity index (χ0n) is 12.0. The van der Waals surface area contributed by atoms with E-state index in [-0.39, 0.29) is 29.4 Å². The van der Waals surface area contributed by atoms with Crippen LogP contribution in [0.15, 0.2) is 24.3 Å². The molecule has 1 unspecified atom stereocenters. The minimum atomic E-state index is -2.40. The SMILES string of the molecule is CC1(C)CN(Cc2cccc(C(F)F)c2)CCC1N.Cl. The van der Waals surface area contributed by atoms with Crippen LogP contribution in [0.2, 0.25) is 0 Å². The standard InChI is InChI=1S/C15H22F2N2.ClH/c1-15(2)10-19(7-6-13(15)18)9-11-4-3-5-12(8-11)14(16)17;/h3-5,8,13-14H,6-7,9-10,18H2,1-2H3;1H. The van der Waals surface area contributed by atoms with Crippen molar-refractivity contribution in [2.75, 3.05) is 13.1 Å². The van der Waals surface area contributed by atoms with Crippen molar-refractivity contribution in [1.82, 2.24) is 4.90 Å². The molecule has 2 rings (SSSR count). The molecule has 0 radical (unpaired) electrons. The molecule has 0 aliphatic carbocycles. The van der Waals surface area contributed by atoms with Crippen LogP contribution >= 0.6 is 12.4 Å². The Morgan fingerprint density at radius 1 is 1.40 bits per heavy atom. The maximum atomic E-state index is 12.7. The number of alkyl halides is 2. The van der Waals surface area contributed by atoms with Crippen LogP contribution in [0.5, 0.6) is 0 Å². The van der Waals surface area contributed by atoms with E-state index in [4.69, 9.17) is 5.73 Å². The van der Waals surface area contributed by atoms with E-state index in [0.29, 0.717) is 0 Å². The molecule has 0 amide bonds. The van der Waals surface area contributed by atoms with Gasteiger partial charge in [-0.2, -0.15) is 0 Å². The van der Waals surface area contributed by atoms with E-state index in [0.717, 1.165) is 31.6 Å². The number of halogens is 3. The molecule has 5 heteroatoms. The lowest BCUT2D eigenvalue weighted by Crippen LogP contribution is -2.52. The summed E-state index contributed by atoms with van der Waals surface area (Å²) in [5.74, 6) is 0. The van der Waals surface area contributed by atoms with Crippen molar-refractivity contribution in [3.8, 4) is 0 Å². The molecule has 1 aromatic carbocycles. The predicted octanol–water partition coefficient (Wildman–Crippen LogP) is 3.61. The number of rotatable bonds is 3. The summed E-state index contributed by atoms with van der Waals surface area (Å²) in [4.78, 5) is 2.30. The summed E-state index contributed by atoms with van der Waals surface area (Å²) in [6, 6.07) is 6.91. The average molecular weight is 305 g/mol. The number of piperidine rings is 1. The Hall–Kier alpha value is -0.710. The van der Waals surface area contributed by atoms with Crippen LogP contribution in [0, 0.1) is 5.41 Å². The van der Waals surface area contributed by atoms with Crippen molar-refractivity contribution >= 4 is 12.4 Å². The van der Waals surface area contributed by atoms with Gasteiger partial charge in [-0.3, -0.25) is 4.90 Å². The summed E-state index contributed by atoms with van der Waals surface area (Å²) in [7, 11) is 0. The summed E-state index contributed by atoms with van der Waals surface area (Å²) in [6.45, 7) is 6.89. The van der Waals surface area contributed by atoms with Crippen molar-refractivity contribution in [2.24, 2.45) is 11.1 Å². The molecule has 1 heterocycles. The normalized spacial score (nSPS) is 22.6. The van der Waals surface area contributed by atoms with Crippen molar-refractivity contribution in [2.45, 2.75) is 39.3 Å². The topological polar surface area (TPSA) is 29.3 Å². The van der Waals surface area contributed by atoms with Gasteiger partial charge in [-0.05, 0) is 23.5 Å². The number of hydrogen-bond acceptors (Lipinski definition) is 2. The Labute approximate surface area is 125 Å². The molecule has 0 bridgehead atoms. The first-order valence-corrected chi connectivity index (χ1v) is 6.73. The summed E-state index contributed by atoms with van der Waals surface area (Å²) >= 11 is 0. The first-order valence-electron chi connectivity index (χ1n) is 6.73. The zero-order valence-corrected chi connectivity index (χ0v) is 12.8. The van der Waals surface area contributed by atoms with Crippen molar-refractivity contribution < 1.29 is 8.78 Å². The molecule has 1 atom stereocenters. The molecule has 1 fully saturated rings. The Bertz CT molecular complexity index is 438. The highest BCUT2D eigenvalue weighted by molar-refractivity contribution is 5.85. The van der Waals surface area contributed by atoms with E-state index in [9.17, 15) is 8.78 Å². The lowest BCUT2D eigenvalue weighted by Gasteiger charge is -2.42. The Morgan fingerprint density at radius 3 is 2.70 bits per heavy atom. The predicted molar refractivity (Wildman–Crippen MR) is 80.3 cm³/mol. The van der Waals surface area contributed by atoms with Gasteiger partial charge in [0.1, 0.15) is 0 Å². The monoisotopic (exact) mass is 304 g/mol. The minimum absolute atomic E-state index is 0. The minimum Gasteiger partial charge on any atom is -0.327 e. The number of likely N-dealkylation sites (tertiary alicyclic amines) is 1. The highest BCUT2D eigenvalue weighted by atomic mass is 35.5. The lowest BCUT2D eigenvalue weighted by molar-refractivity contribution is 0.0897. The van der Waals surface area contributed by atoms with Crippen LogP contribution in [0.4, 0.5) is 8.78 Å². The summed E-state index contributed by atoms with van der Waals surface area (Å²) in [5, 5.41) is 0. The molecule has 114 valence electrons. The molecule has 20 heavy (non-hydrogen) atoms. The van der Waals surface area contributed by atoms with Crippen LogP contribution in [-0.2, 0) is 6.54 Å². The van der Waals surface area contributed by atoms with Crippen LogP contribution in [0.1, 0.15) is 37.8 Å². The van der Waals surface area contributed by atoms with Crippen molar-refractivity contribution in [1.29, 1.82) is 0 Å². The number of hydrogen-bond donors (Lipinski definition) is 1. The van der Waals surface area contributed by atoms with E-state index in [1.54, 1.807) is 12.1 Å². The summed E-state index contributed by atoms with van der Waals surface area (Å²) in [5.41, 5.74) is 7.24. The molecular weight excluding hydrogens is 282 g/mol. The number of nitrogens with two attached hydrogens (primary N) is 1. The van der Waals surface area contributed by atoms with E-state index in [1.807, 2.05) is 6.07 Å². The van der Waals surface area contributed by atoms with Crippen molar-refractivity contribution in [3.63, 3.8) is 0 Å². The zero-order chi connectivity index (χ0) is 14.0. The fraction of sp³-hybridized carbons (Fsp3) is 0.600. The van der Waals surface area contributed by atoms with Gasteiger partial charge in [0.2, 0.25) is 0 Å². The third-order valence-corrected chi connectivity index (χ3v) is 4.00. The van der Waals surface area contributed by atoms with Gasteiger partial charge in [0.15, 0.2) is 0 Å². The molecule has 2 nitrogen and oxygen atoms in total. The van der Waals surface area contributed by atoms with E-state index < -0.39 is 6.43 Å². The van der Waals surface area contributed by atoms with Gasteiger partial charge in [0.25, 0.3) is 6.43 Å². The highest BCUT2D eigenvalue weighted by Gasteiger charge is 2.33. The van der Waals surface area contributed by atoms with E-state index >= 15 is 0 Å². The second kappa shape index (κ2) is 6.83. The summed E-state index contributed by atoms with van der Waals surface area (Å²) in [6.07, 6.45) is -1.44. The molecule has 0 spiro atoms. The second-order valence-corrected chi connectivity index (χ2v) is 6.14. The van der Waals surface area contributed by atoms with Gasteiger partial charge < -0.3 is 5.73 Å². The smallest absolute Gasteiger partial charge is 0.263 e. The Kier molecular flexibility index (Phi) is 5.92. The maximum absolute atomic E-state index is 12.7. The van der Waals surface area contributed by atoms with Gasteiger partial charge in [-0.15, -0.1) is 12.4 Å². The fourth-order valence-electron chi connectivity index (χ4n) is 2.71. The van der Waals surface area contributed by atoms with E-state index in [2.05, 4.69) is 18.7 Å². The fourth-order valence-corrected chi connectivity index (χ4v) is 2.71. The lowest BCUT2D eigenvalue weighted by atomic mass is 9.79. The van der Waals surface area contributed by atoms with Crippen LogP contribution in [0.3, 0.4) is 0 Å². The highest BCUT2D eigenvalue weighted by Crippen LogP contribution is 2.29. The molecule has 0 saturated carbocycles. The molecule has 1 aliphatic rings. The second-order valence-electron chi connectivity index (χ2n) is 6.14. The molecule has 1 saturated heterocycles. The van der Waals surface area contributed by atoms with Gasteiger partial charge in [0, 0.05) is 31.2 Å². The first kappa shape index (κ1) is 17.3. The summed E-state index contributed by atoms with van der Waals surface area (Å²) < 4.78 is 25.3. The van der Waals surface area contributed by atoms with Gasteiger partial charge in [-0.1, -0.05) is 32.0 Å². The van der Waals surface area contributed by atoms with E-state index in [1.165, 1.54) is 6.07 Å². The largest absolute Gasteiger partial charge is 0.327 e. The molecule has 0 aromatic heterocycles. The average Bonchev–Trinajstić information content (AvgIpc) is 2.34. The third kappa shape index (κ3) is 4.14. The molecule has 1 aliphatic heterocycles. The van der Waals surface area contributed by atoms with Gasteiger partial charge >= 0.3 is 0 Å². The third-order valence-electron chi connectivity index (χ3n) is 4.00. The maximum Gasteiger partial charge on any atom is 0.263 e. The van der Waals surface area contributed by atoms with Crippen LogP contribution < -0.4 is 5.73 Å². The number of nitrogens with zero attached hydrogens (tertiary/aromatic N) is 1. The molecular formula is C15H23ClF2N2.